The number of carbonyl (C=O) groups is 4. The molecule has 2 aromatic carbocycles. The lowest BCUT2D eigenvalue weighted by Gasteiger charge is -2.16. The van der Waals surface area contributed by atoms with Gasteiger partial charge in [0.05, 0.1) is 30.0 Å². The third-order valence-electron chi connectivity index (χ3n) is 4.76. The molecule has 0 aliphatic carbocycles. The number of esters is 2. The molecular weight excluding hydrogens is 448 g/mol. The maximum atomic E-state index is 13.0. The summed E-state index contributed by atoms with van der Waals surface area (Å²) in [6.45, 7) is 4.24. The van der Waals surface area contributed by atoms with E-state index in [1.165, 1.54) is 24.3 Å². The Kier molecular flexibility index (Phi) is 7.84. The van der Waals surface area contributed by atoms with Gasteiger partial charge in [0.1, 0.15) is 10.7 Å². The quantitative estimate of drug-likeness (QED) is 0.332. The van der Waals surface area contributed by atoms with Crippen LogP contribution in [0.25, 0.3) is 0 Å². The van der Waals surface area contributed by atoms with E-state index in [0.717, 1.165) is 17.7 Å². The molecule has 172 valence electrons. The van der Waals surface area contributed by atoms with Crippen molar-refractivity contribution < 1.29 is 28.7 Å². The molecule has 0 aromatic heterocycles. The second-order valence-electron chi connectivity index (χ2n) is 7.10. The van der Waals surface area contributed by atoms with Crippen molar-refractivity contribution in [2.45, 2.75) is 26.7 Å². The zero-order chi connectivity index (χ0) is 24.0. The van der Waals surface area contributed by atoms with Crippen molar-refractivity contribution in [2.75, 3.05) is 23.4 Å². The standard InChI is InChI=1S/C24H23ClN2O6/c1-3-5-13-33-24(31)16-7-6-8-18(14-16)27-21(28)19(25)20(22(27)29)26-17-11-9-15(10-12-17)23(30)32-4-2/h6-12,14,26H,3-5,13H2,1-2H3. The molecule has 0 atom stereocenters. The van der Waals surface area contributed by atoms with E-state index >= 15 is 0 Å². The van der Waals surface area contributed by atoms with Crippen molar-refractivity contribution in [3.63, 3.8) is 0 Å². The summed E-state index contributed by atoms with van der Waals surface area (Å²) in [5.41, 5.74) is 1.10. The molecule has 0 bridgehead atoms. The van der Waals surface area contributed by atoms with Crippen LogP contribution in [0.1, 0.15) is 47.4 Å². The summed E-state index contributed by atoms with van der Waals surface area (Å²) in [5, 5.41) is 2.55. The fourth-order valence-electron chi connectivity index (χ4n) is 3.06. The molecule has 8 nitrogen and oxygen atoms in total. The van der Waals surface area contributed by atoms with E-state index in [1.807, 2.05) is 6.92 Å². The summed E-state index contributed by atoms with van der Waals surface area (Å²) >= 11 is 6.17. The maximum Gasteiger partial charge on any atom is 0.338 e. The van der Waals surface area contributed by atoms with Crippen LogP contribution < -0.4 is 10.2 Å². The molecule has 1 heterocycles. The number of unbranched alkanes of at least 4 members (excludes halogenated alkanes) is 1. The lowest BCUT2D eigenvalue weighted by Crippen LogP contribution is -2.32. The Bertz CT molecular complexity index is 1110. The highest BCUT2D eigenvalue weighted by molar-refractivity contribution is 6.53. The highest BCUT2D eigenvalue weighted by Crippen LogP contribution is 2.30. The third-order valence-corrected chi connectivity index (χ3v) is 5.11. The van der Waals surface area contributed by atoms with Crippen LogP contribution >= 0.6 is 11.6 Å². The minimum Gasteiger partial charge on any atom is -0.462 e. The van der Waals surface area contributed by atoms with E-state index in [1.54, 1.807) is 31.2 Å². The summed E-state index contributed by atoms with van der Waals surface area (Å²) in [6, 6.07) is 12.2. The molecule has 0 fully saturated rings. The Labute approximate surface area is 196 Å². The molecule has 1 N–H and O–H groups in total. The number of rotatable bonds is 9. The van der Waals surface area contributed by atoms with E-state index in [9.17, 15) is 19.2 Å². The molecule has 0 saturated carbocycles. The summed E-state index contributed by atoms with van der Waals surface area (Å²) < 4.78 is 10.1. The fraction of sp³-hybridized carbons (Fsp3) is 0.250. The largest absolute Gasteiger partial charge is 0.462 e. The lowest BCUT2D eigenvalue weighted by molar-refractivity contribution is -0.120. The van der Waals surface area contributed by atoms with Crippen LogP contribution in [-0.2, 0) is 19.1 Å². The third kappa shape index (κ3) is 5.40. The average molecular weight is 471 g/mol. The number of hydrogen-bond acceptors (Lipinski definition) is 7. The monoisotopic (exact) mass is 470 g/mol. The van der Waals surface area contributed by atoms with E-state index in [2.05, 4.69) is 5.32 Å². The van der Waals surface area contributed by atoms with Crippen LogP contribution in [0.4, 0.5) is 11.4 Å². The second kappa shape index (κ2) is 10.8. The van der Waals surface area contributed by atoms with Crippen LogP contribution in [0.2, 0.25) is 0 Å². The van der Waals surface area contributed by atoms with Gasteiger partial charge in [-0.1, -0.05) is 31.0 Å². The van der Waals surface area contributed by atoms with E-state index in [-0.39, 0.29) is 35.2 Å². The number of amides is 2. The van der Waals surface area contributed by atoms with Gasteiger partial charge < -0.3 is 14.8 Å². The summed E-state index contributed by atoms with van der Waals surface area (Å²) in [4.78, 5) is 50.6. The molecule has 1 aliphatic rings. The first-order chi connectivity index (χ1) is 15.9. The van der Waals surface area contributed by atoms with E-state index in [4.69, 9.17) is 21.1 Å². The zero-order valence-corrected chi connectivity index (χ0v) is 19.0. The number of ether oxygens (including phenoxy) is 2. The predicted molar refractivity (Wildman–Crippen MR) is 123 cm³/mol. The Morgan fingerprint density at radius 3 is 2.30 bits per heavy atom. The summed E-state index contributed by atoms with van der Waals surface area (Å²) in [7, 11) is 0. The van der Waals surface area contributed by atoms with Gasteiger partial charge in [0.2, 0.25) is 0 Å². The van der Waals surface area contributed by atoms with Gasteiger partial charge in [0, 0.05) is 5.69 Å². The second-order valence-corrected chi connectivity index (χ2v) is 7.48. The normalized spacial score (nSPS) is 13.4. The molecular formula is C24H23ClN2O6. The average Bonchev–Trinajstić information content (AvgIpc) is 3.03. The number of benzene rings is 2. The van der Waals surface area contributed by atoms with Gasteiger partial charge in [0.15, 0.2) is 0 Å². The lowest BCUT2D eigenvalue weighted by atomic mass is 10.2. The smallest absolute Gasteiger partial charge is 0.338 e. The van der Waals surface area contributed by atoms with Crippen LogP contribution in [-0.4, -0.2) is 37.0 Å². The molecule has 0 spiro atoms. The molecule has 2 aromatic rings. The Balaban J connectivity index is 1.76. The number of nitrogens with one attached hydrogen (secondary N) is 1. The number of carbonyl (C=O) groups excluding carboxylic acids is 4. The molecule has 0 radical (unpaired) electrons. The molecule has 9 heteroatoms. The minimum absolute atomic E-state index is 0.110. The van der Waals surface area contributed by atoms with Gasteiger partial charge in [-0.05, 0) is 55.8 Å². The molecule has 0 saturated heterocycles. The molecule has 33 heavy (non-hydrogen) atoms. The van der Waals surface area contributed by atoms with Crippen LogP contribution in [0.3, 0.4) is 0 Å². The van der Waals surface area contributed by atoms with Crippen molar-refractivity contribution >= 4 is 46.7 Å². The minimum atomic E-state index is -0.719. The van der Waals surface area contributed by atoms with Crippen LogP contribution in [0.15, 0.2) is 59.3 Å². The highest BCUT2D eigenvalue weighted by atomic mass is 35.5. The topological polar surface area (TPSA) is 102 Å². The van der Waals surface area contributed by atoms with Crippen LogP contribution in [0, 0.1) is 0 Å². The van der Waals surface area contributed by atoms with Gasteiger partial charge in [-0.3, -0.25) is 9.59 Å². The number of halogens is 1. The number of nitrogens with zero attached hydrogens (tertiary/aromatic N) is 1. The fourth-order valence-corrected chi connectivity index (χ4v) is 3.27. The first-order valence-corrected chi connectivity index (χ1v) is 10.8. The maximum absolute atomic E-state index is 13.0. The van der Waals surface area contributed by atoms with Crippen molar-refractivity contribution in [1.82, 2.24) is 0 Å². The number of hydrogen-bond donors (Lipinski definition) is 1. The van der Waals surface area contributed by atoms with Crippen molar-refractivity contribution in [2.24, 2.45) is 0 Å². The van der Waals surface area contributed by atoms with Crippen molar-refractivity contribution in [3.05, 3.63) is 70.4 Å². The summed E-state index contributed by atoms with van der Waals surface area (Å²) in [6.07, 6.45) is 1.62. The SMILES string of the molecule is CCCCOC(=O)c1cccc(N2C(=O)C(Cl)=C(Nc3ccc(C(=O)OCC)cc3)C2=O)c1. The predicted octanol–water partition coefficient (Wildman–Crippen LogP) is 4.26. The Hall–Kier alpha value is -3.65. The summed E-state index contributed by atoms with van der Waals surface area (Å²) in [5.74, 6) is -2.39. The Morgan fingerprint density at radius 2 is 1.64 bits per heavy atom. The Morgan fingerprint density at radius 1 is 0.939 bits per heavy atom. The van der Waals surface area contributed by atoms with Gasteiger partial charge in [-0.25, -0.2) is 14.5 Å². The number of anilines is 2. The zero-order valence-electron chi connectivity index (χ0n) is 18.2. The van der Waals surface area contributed by atoms with E-state index < -0.39 is 23.8 Å². The van der Waals surface area contributed by atoms with Crippen molar-refractivity contribution in [3.8, 4) is 0 Å². The number of imide groups is 1. The first kappa shape index (κ1) is 24.0. The van der Waals surface area contributed by atoms with E-state index in [0.29, 0.717) is 11.3 Å². The molecule has 0 unspecified atom stereocenters. The molecule has 3 rings (SSSR count). The van der Waals surface area contributed by atoms with Crippen molar-refractivity contribution in [1.29, 1.82) is 0 Å². The van der Waals surface area contributed by atoms with Gasteiger partial charge in [0.25, 0.3) is 11.8 Å². The van der Waals surface area contributed by atoms with Gasteiger partial charge >= 0.3 is 11.9 Å². The molecule has 1 aliphatic heterocycles. The van der Waals surface area contributed by atoms with Gasteiger partial charge in [-0.2, -0.15) is 0 Å². The highest BCUT2D eigenvalue weighted by Gasteiger charge is 2.39. The first-order valence-electron chi connectivity index (χ1n) is 10.5. The van der Waals surface area contributed by atoms with Gasteiger partial charge in [-0.15, -0.1) is 0 Å². The van der Waals surface area contributed by atoms with Crippen LogP contribution in [0.5, 0.6) is 0 Å². The molecule has 2 amide bonds.